The molecule has 100 valence electrons. The van der Waals surface area contributed by atoms with Gasteiger partial charge < -0.3 is 25.0 Å². The third kappa shape index (κ3) is 4.90. The molecule has 0 unspecified atom stereocenters. The monoisotopic (exact) mass is 253 g/mol. The summed E-state index contributed by atoms with van der Waals surface area (Å²) in [5, 5.41) is 15.7. The molecule has 0 saturated heterocycles. The van der Waals surface area contributed by atoms with Gasteiger partial charge in [0.05, 0.1) is 24.8 Å². The van der Waals surface area contributed by atoms with Gasteiger partial charge >= 0.3 is 6.03 Å². The molecule has 1 heterocycles. The number of furan rings is 1. The molecule has 1 aromatic heterocycles. The van der Waals surface area contributed by atoms with Crippen molar-refractivity contribution in [2.45, 2.75) is 32.9 Å². The first-order chi connectivity index (χ1) is 8.49. The zero-order valence-corrected chi connectivity index (χ0v) is 10.4. The van der Waals surface area contributed by atoms with Crippen LogP contribution >= 0.6 is 0 Å². The van der Waals surface area contributed by atoms with Crippen molar-refractivity contribution in [2.24, 2.45) is 5.92 Å². The third-order valence-electron chi connectivity index (χ3n) is 2.30. The summed E-state index contributed by atoms with van der Waals surface area (Å²) in [6.45, 7) is 3.96. The van der Waals surface area contributed by atoms with Gasteiger partial charge in [-0.05, 0) is 24.5 Å². The third-order valence-corrected chi connectivity index (χ3v) is 2.30. The van der Waals surface area contributed by atoms with E-state index in [0.717, 1.165) is 0 Å². The van der Waals surface area contributed by atoms with Crippen LogP contribution in [-0.2, 0) is 11.3 Å². The summed E-state index contributed by atoms with van der Waals surface area (Å²) in [5.74, 6) is -0.533. The number of hydrogen-bond acceptors (Lipinski definition) is 4. The summed E-state index contributed by atoms with van der Waals surface area (Å²) < 4.78 is 5.03. The molecule has 0 aliphatic carbocycles. The van der Waals surface area contributed by atoms with Crippen LogP contribution in [0.1, 0.15) is 26.0 Å². The molecule has 2 N–H and O–H groups in total. The van der Waals surface area contributed by atoms with E-state index in [-0.39, 0.29) is 12.5 Å². The minimum absolute atomic E-state index is 0.151. The molecule has 0 saturated carbocycles. The number of amides is 2. The van der Waals surface area contributed by atoms with Crippen LogP contribution < -0.4 is 15.7 Å². The largest absolute Gasteiger partial charge is 0.548 e. The average molecular weight is 253 g/mol. The first-order valence-electron chi connectivity index (χ1n) is 5.76. The molecule has 0 fully saturated rings. The minimum atomic E-state index is -1.28. The number of carboxylic acid groups (broad SMARTS) is 1. The molecule has 0 aromatic carbocycles. The van der Waals surface area contributed by atoms with Gasteiger partial charge in [0.15, 0.2) is 0 Å². The molecule has 0 bridgehead atoms. The number of aliphatic carboxylic acids is 1. The Balaban J connectivity index is 2.39. The molecule has 1 atom stereocenters. The van der Waals surface area contributed by atoms with Crippen molar-refractivity contribution < 1.29 is 19.1 Å². The zero-order valence-electron chi connectivity index (χ0n) is 10.4. The van der Waals surface area contributed by atoms with E-state index >= 15 is 0 Å². The van der Waals surface area contributed by atoms with Gasteiger partial charge in [-0.1, -0.05) is 13.8 Å². The lowest BCUT2D eigenvalue weighted by Gasteiger charge is -2.21. The highest BCUT2D eigenvalue weighted by atomic mass is 16.4. The number of carboxylic acids is 1. The second-order valence-corrected chi connectivity index (χ2v) is 4.41. The number of carbonyl (C=O) groups is 2. The highest BCUT2D eigenvalue weighted by Crippen LogP contribution is 2.04. The van der Waals surface area contributed by atoms with Crippen LogP contribution in [0.2, 0.25) is 0 Å². The maximum Gasteiger partial charge on any atom is 0.315 e. The number of nitrogens with one attached hydrogen (secondary N) is 2. The van der Waals surface area contributed by atoms with Crippen LogP contribution in [0.15, 0.2) is 22.8 Å². The molecule has 0 aliphatic rings. The Kier molecular flexibility index (Phi) is 5.23. The summed E-state index contributed by atoms with van der Waals surface area (Å²) in [4.78, 5) is 22.3. The molecule has 6 heteroatoms. The Hall–Kier alpha value is -1.98. The molecule has 18 heavy (non-hydrogen) atoms. The summed E-state index contributed by atoms with van der Waals surface area (Å²) in [7, 11) is 0. The highest BCUT2D eigenvalue weighted by molar-refractivity contribution is 5.81. The number of hydrogen-bond donors (Lipinski definition) is 2. The van der Waals surface area contributed by atoms with Crippen molar-refractivity contribution >= 4 is 12.0 Å². The molecular formula is C12H17N2O4-. The van der Waals surface area contributed by atoms with Gasteiger partial charge in [-0.15, -0.1) is 0 Å². The Morgan fingerprint density at radius 2 is 2.17 bits per heavy atom. The number of carbonyl (C=O) groups excluding carboxylic acids is 2. The Morgan fingerprint density at radius 3 is 2.67 bits per heavy atom. The minimum Gasteiger partial charge on any atom is -0.548 e. The number of rotatable bonds is 6. The standard InChI is InChI=1S/C12H18N2O4/c1-8(2)6-10(11(15)16)14-12(17)13-7-9-4-3-5-18-9/h3-5,8,10H,6-7H2,1-2H3,(H,15,16)(H2,13,14,17)/p-1/t10-/m0/s1. The molecule has 0 spiro atoms. The Labute approximate surface area is 105 Å². The van der Waals surface area contributed by atoms with Gasteiger partial charge in [-0.3, -0.25) is 0 Å². The molecule has 0 aliphatic heterocycles. The SMILES string of the molecule is CC(C)C[C@H](NC(=O)NCc1ccco1)C(=O)[O-]. The molecule has 2 amide bonds. The van der Waals surface area contributed by atoms with Crippen molar-refractivity contribution in [3.8, 4) is 0 Å². The zero-order chi connectivity index (χ0) is 13.5. The van der Waals surface area contributed by atoms with Crippen LogP contribution in [0.3, 0.4) is 0 Å². The van der Waals surface area contributed by atoms with Crippen molar-refractivity contribution in [3.63, 3.8) is 0 Å². The van der Waals surface area contributed by atoms with E-state index in [1.165, 1.54) is 6.26 Å². The smallest absolute Gasteiger partial charge is 0.315 e. The van der Waals surface area contributed by atoms with Crippen molar-refractivity contribution in [1.82, 2.24) is 10.6 Å². The van der Waals surface area contributed by atoms with Crippen molar-refractivity contribution in [1.29, 1.82) is 0 Å². The van der Waals surface area contributed by atoms with E-state index in [4.69, 9.17) is 4.42 Å². The maximum atomic E-state index is 11.5. The number of urea groups is 1. The summed E-state index contributed by atoms with van der Waals surface area (Å²) in [5.41, 5.74) is 0. The molecule has 1 rings (SSSR count). The molecular weight excluding hydrogens is 236 g/mol. The second-order valence-electron chi connectivity index (χ2n) is 4.41. The van der Waals surface area contributed by atoms with Crippen molar-refractivity contribution in [3.05, 3.63) is 24.2 Å². The van der Waals surface area contributed by atoms with E-state index in [1.54, 1.807) is 12.1 Å². The second kappa shape index (κ2) is 6.68. The summed E-state index contributed by atoms with van der Waals surface area (Å²) >= 11 is 0. The van der Waals surface area contributed by atoms with Gasteiger partial charge in [0.25, 0.3) is 0 Å². The van der Waals surface area contributed by atoms with Gasteiger partial charge in [0.1, 0.15) is 5.76 Å². The lowest BCUT2D eigenvalue weighted by atomic mass is 10.0. The first-order valence-corrected chi connectivity index (χ1v) is 5.76. The Morgan fingerprint density at radius 1 is 1.44 bits per heavy atom. The summed E-state index contributed by atoms with van der Waals surface area (Å²) in [6.07, 6.45) is 1.83. The van der Waals surface area contributed by atoms with Gasteiger partial charge in [0, 0.05) is 0 Å². The lowest BCUT2D eigenvalue weighted by Crippen LogP contribution is -2.51. The lowest BCUT2D eigenvalue weighted by molar-refractivity contribution is -0.308. The van der Waals surface area contributed by atoms with E-state index in [9.17, 15) is 14.7 Å². The topological polar surface area (TPSA) is 94.4 Å². The maximum absolute atomic E-state index is 11.5. The van der Waals surface area contributed by atoms with Crippen LogP contribution in [-0.4, -0.2) is 18.0 Å². The van der Waals surface area contributed by atoms with Crippen LogP contribution in [0.25, 0.3) is 0 Å². The van der Waals surface area contributed by atoms with E-state index in [2.05, 4.69) is 10.6 Å². The van der Waals surface area contributed by atoms with Crippen LogP contribution in [0.4, 0.5) is 4.79 Å². The van der Waals surface area contributed by atoms with Gasteiger partial charge in [-0.2, -0.15) is 0 Å². The average Bonchev–Trinajstić information content (AvgIpc) is 2.77. The Bertz CT molecular complexity index is 387. The van der Waals surface area contributed by atoms with Crippen molar-refractivity contribution in [2.75, 3.05) is 0 Å². The van der Waals surface area contributed by atoms with Crippen LogP contribution in [0.5, 0.6) is 0 Å². The van der Waals surface area contributed by atoms with Gasteiger partial charge in [-0.25, -0.2) is 4.79 Å². The van der Waals surface area contributed by atoms with Crippen LogP contribution in [0, 0.1) is 5.92 Å². The predicted molar refractivity (Wildman–Crippen MR) is 62.3 cm³/mol. The fourth-order valence-corrected chi connectivity index (χ4v) is 1.48. The fraction of sp³-hybridized carbons (Fsp3) is 0.500. The normalized spacial score (nSPS) is 12.2. The molecule has 1 aromatic rings. The van der Waals surface area contributed by atoms with E-state index in [1.807, 2.05) is 13.8 Å². The van der Waals surface area contributed by atoms with Gasteiger partial charge in [0.2, 0.25) is 0 Å². The quantitative estimate of drug-likeness (QED) is 0.759. The molecule has 6 nitrogen and oxygen atoms in total. The highest BCUT2D eigenvalue weighted by Gasteiger charge is 2.14. The van der Waals surface area contributed by atoms with E-state index in [0.29, 0.717) is 12.2 Å². The predicted octanol–water partition coefficient (Wildman–Crippen LogP) is 0.243. The van der Waals surface area contributed by atoms with E-state index < -0.39 is 18.0 Å². The fourth-order valence-electron chi connectivity index (χ4n) is 1.48. The first kappa shape index (κ1) is 14.1. The summed E-state index contributed by atoms with van der Waals surface area (Å²) in [6, 6.07) is 1.88. The molecule has 0 radical (unpaired) electrons.